The minimum Gasteiger partial charge on any atom is -0.435 e. The van der Waals surface area contributed by atoms with Crippen molar-refractivity contribution in [2.75, 3.05) is 7.05 Å². The number of carbonyl (C=O) groups excluding carboxylic acids is 1. The lowest BCUT2D eigenvalue weighted by atomic mass is 10.2. The van der Waals surface area contributed by atoms with Crippen LogP contribution < -0.4 is 4.74 Å². The number of hydrogen-bond donors (Lipinski definition) is 0. The van der Waals surface area contributed by atoms with Gasteiger partial charge in [0.2, 0.25) is 0 Å². The van der Waals surface area contributed by atoms with Gasteiger partial charge in [0.1, 0.15) is 5.75 Å². The number of hydrogen-bond acceptors (Lipinski definition) is 4. The van der Waals surface area contributed by atoms with Crippen LogP contribution in [0.15, 0.2) is 49.1 Å². The second kappa shape index (κ2) is 6.61. The van der Waals surface area contributed by atoms with Crippen LogP contribution in [0.5, 0.6) is 5.75 Å². The molecule has 124 valence electrons. The average molecular weight is 332 g/mol. The highest BCUT2D eigenvalue weighted by molar-refractivity contribution is 5.97. The monoisotopic (exact) mass is 332 g/mol. The molecule has 0 aliphatic heterocycles. The van der Waals surface area contributed by atoms with Crippen molar-refractivity contribution in [3.63, 3.8) is 0 Å². The van der Waals surface area contributed by atoms with Crippen molar-refractivity contribution < 1.29 is 18.3 Å². The minimum atomic E-state index is -2.89. The number of aromatic nitrogens is 3. The number of rotatable bonds is 5. The third kappa shape index (κ3) is 3.32. The number of amides is 1. The molecule has 2 heterocycles. The molecule has 0 radical (unpaired) electrons. The maximum absolute atomic E-state index is 12.6. The second-order valence-corrected chi connectivity index (χ2v) is 5.12. The van der Waals surface area contributed by atoms with E-state index >= 15 is 0 Å². The van der Waals surface area contributed by atoms with E-state index in [1.54, 1.807) is 42.2 Å². The zero-order valence-electron chi connectivity index (χ0n) is 12.8. The summed E-state index contributed by atoms with van der Waals surface area (Å²) in [7, 11) is 1.61. The highest BCUT2D eigenvalue weighted by Crippen LogP contribution is 2.18. The van der Waals surface area contributed by atoms with E-state index in [1.165, 1.54) is 23.2 Å². The Labute approximate surface area is 136 Å². The molecule has 0 atom stereocenters. The van der Waals surface area contributed by atoms with Crippen molar-refractivity contribution in [1.82, 2.24) is 19.3 Å². The van der Waals surface area contributed by atoms with Crippen molar-refractivity contribution >= 4 is 11.6 Å². The molecule has 0 aliphatic carbocycles. The van der Waals surface area contributed by atoms with E-state index in [2.05, 4.69) is 14.7 Å². The van der Waals surface area contributed by atoms with Crippen LogP contribution in [0, 0.1) is 0 Å². The van der Waals surface area contributed by atoms with Gasteiger partial charge in [-0.1, -0.05) is 12.1 Å². The lowest BCUT2D eigenvalue weighted by Gasteiger charge is -2.17. The summed E-state index contributed by atoms with van der Waals surface area (Å²) < 4.78 is 30.6. The number of fused-ring (bicyclic) bond motifs is 1. The first-order chi connectivity index (χ1) is 11.5. The summed E-state index contributed by atoms with van der Waals surface area (Å²) in [6, 6.07) is 6.23. The number of nitrogens with zero attached hydrogens (tertiary/aromatic N) is 4. The van der Waals surface area contributed by atoms with Crippen molar-refractivity contribution in [2.24, 2.45) is 0 Å². The molecular formula is C16H14F2N4O2. The molecule has 3 rings (SSSR count). The Balaban J connectivity index is 1.78. The number of imidazole rings is 1. The molecule has 8 heteroatoms. The Morgan fingerprint density at radius 2 is 2.04 bits per heavy atom. The summed E-state index contributed by atoms with van der Waals surface area (Å²) in [5.41, 5.74) is 1.36. The van der Waals surface area contributed by atoms with Gasteiger partial charge in [-0.2, -0.15) is 8.78 Å². The molecule has 0 saturated heterocycles. The standard InChI is InChI=1S/C16H14F2N4O2/c1-21(10-11-3-2-4-12(9-11)24-16(17)18)15(23)13-14-20-6-8-22(14)7-5-19-13/h2-9,16H,10H2,1H3. The van der Waals surface area contributed by atoms with Crippen LogP contribution in [0.25, 0.3) is 5.65 Å². The number of halogens is 2. The fourth-order valence-electron chi connectivity index (χ4n) is 2.35. The number of ether oxygens (including phenoxy) is 1. The van der Waals surface area contributed by atoms with Gasteiger partial charge in [0.25, 0.3) is 5.91 Å². The molecule has 1 amide bonds. The molecule has 3 aromatic rings. The van der Waals surface area contributed by atoms with Gasteiger partial charge in [0.15, 0.2) is 11.3 Å². The summed E-state index contributed by atoms with van der Waals surface area (Å²) in [6.45, 7) is -2.66. The predicted octanol–water partition coefficient (Wildman–Crippen LogP) is 2.60. The Kier molecular flexibility index (Phi) is 4.37. The van der Waals surface area contributed by atoms with Gasteiger partial charge < -0.3 is 14.0 Å². The molecule has 0 unspecified atom stereocenters. The molecule has 0 saturated carbocycles. The molecule has 0 aliphatic rings. The van der Waals surface area contributed by atoms with Crippen molar-refractivity contribution in [3.8, 4) is 5.75 Å². The summed E-state index contributed by atoms with van der Waals surface area (Å²) in [5.74, 6) is -0.260. The minimum absolute atomic E-state index is 0.0526. The number of benzene rings is 1. The first-order valence-corrected chi connectivity index (χ1v) is 7.11. The van der Waals surface area contributed by atoms with Gasteiger partial charge in [0.05, 0.1) is 0 Å². The molecule has 24 heavy (non-hydrogen) atoms. The summed E-state index contributed by atoms with van der Waals surface area (Å²) in [4.78, 5) is 22.3. The Bertz CT molecular complexity index is 866. The van der Waals surface area contributed by atoms with E-state index in [4.69, 9.17) is 0 Å². The van der Waals surface area contributed by atoms with Crippen LogP contribution in [-0.4, -0.2) is 38.8 Å². The van der Waals surface area contributed by atoms with Crippen LogP contribution in [0.2, 0.25) is 0 Å². The number of alkyl halides is 2. The largest absolute Gasteiger partial charge is 0.435 e. The van der Waals surface area contributed by atoms with Crippen LogP contribution >= 0.6 is 0 Å². The second-order valence-electron chi connectivity index (χ2n) is 5.12. The van der Waals surface area contributed by atoms with E-state index in [-0.39, 0.29) is 23.9 Å². The first-order valence-electron chi connectivity index (χ1n) is 7.11. The molecule has 0 bridgehead atoms. The van der Waals surface area contributed by atoms with Crippen molar-refractivity contribution in [1.29, 1.82) is 0 Å². The lowest BCUT2D eigenvalue weighted by molar-refractivity contribution is -0.0499. The van der Waals surface area contributed by atoms with Crippen LogP contribution in [0.1, 0.15) is 16.1 Å². The lowest BCUT2D eigenvalue weighted by Crippen LogP contribution is -2.27. The summed E-state index contributed by atoms with van der Waals surface area (Å²) >= 11 is 0. The van der Waals surface area contributed by atoms with Crippen LogP contribution in [0.3, 0.4) is 0 Å². The third-order valence-electron chi connectivity index (χ3n) is 3.40. The van der Waals surface area contributed by atoms with Crippen LogP contribution in [-0.2, 0) is 6.54 Å². The van der Waals surface area contributed by atoms with Crippen molar-refractivity contribution in [3.05, 3.63) is 60.3 Å². The Hall–Kier alpha value is -3.03. The fourth-order valence-corrected chi connectivity index (χ4v) is 2.35. The fraction of sp³-hybridized carbons (Fsp3) is 0.188. The van der Waals surface area contributed by atoms with Gasteiger partial charge in [-0.15, -0.1) is 0 Å². The quantitative estimate of drug-likeness (QED) is 0.721. The maximum atomic E-state index is 12.6. The first kappa shape index (κ1) is 15.9. The van der Waals surface area contributed by atoms with Gasteiger partial charge in [-0.3, -0.25) is 4.79 Å². The van der Waals surface area contributed by atoms with Crippen LogP contribution in [0.4, 0.5) is 8.78 Å². The topological polar surface area (TPSA) is 59.7 Å². The average Bonchev–Trinajstić information content (AvgIpc) is 3.02. The SMILES string of the molecule is CN(Cc1cccc(OC(F)F)c1)C(=O)c1nccn2ccnc12. The molecule has 2 aromatic heterocycles. The van der Waals surface area contributed by atoms with E-state index < -0.39 is 6.61 Å². The zero-order valence-corrected chi connectivity index (χ0v) is 12.8. The normalized spacial score (nSPS) is 11.0. The molecule has 0 fully saturated rings. The van der Waals surface area contributed by atoms with E-state index in [9.17, 15) is 13.6 Å². The zero-order chi connectivity index (χ0) is 17.1. The Morgan fingerprint density at radius 1 is 1.29 bits per heavy atom. The van der Waals surface area contributed by atoms with Gasteiger partial charge in [0, 0.05) is 38.4 Å². The molecule has 0 spiro atoms. The molecular weight excluding hydrogens is 318 g/mol. The maximum Gasteiger partial charge on any atom is 0.387 e. The summed E-state index contributed by atoms with van der Waals surface area (Å²) in [5, 5.41) is 0. The summed E-state index contributed by atoms with van der Waals surface area (Å²) in [6.07, 6.45) is 6.52. The Morgan fingerprint density at radius 3 is 2.79 bits per heavy atom. The van der Waals surface area contributed by atoms with E-state index in [1.807, 2.05) is 0 Å². The van der Waals surface area contributed by atoms with Gasteiger partial charge in [-0.25, -0.2) is 9.97 Å². The van der Waals surface area contributed by atoms with Gasteiger partial charge >= 0.3 is 6.61 Å². The highest BCUT2D eigenvalue weighted by atomic mass is 19.3. The third-order valence-corrected chi connectivity index (χ3v) is 3.40. The van der Waals surface area contributed by atoms with E-state index in [0.717, 1.165) is 0 Å². The molecule has 1 aromatic carbocycles. The highest BCUT2D eigenvalue weighted by Gasteiger charge is 2.18. The van der Waals surface area contributed by atoms with Gasteiger partial charge in [-0.05, 0) is 17.7 Å². The van der Waals surface area contributed by atoms with Crippen molar-refractivity contribution in [2.45, 2.75) is 13.2 Å². The molecule has 0 N–H and O–H groups in total. The predicted molar refractivity (Wildman–Crippen MR) is 81.9 cm³/mol. The number of carbonyl (C=O) groups is 1. The van der Waals surface area contributed by atoms with E-state index in [0.29, 0.717) is 11.2 Å². The smallest absolute Gasteiger partial charge is 0.387 e. The molecule has 6 nitrogen and oxygen atoms in total.